The van der Waals surface area contributed by atoms with E-state index in [1.807, 2.05) is 5.92 Å². The van der Waals surface area contributed by atoms with Crippen molar-refractivity contribution in [2.24, 2.45) is 0 Å². The van der Waals surface area contributed by atoms with E-state index in [1.54, 1.807) is 0 Å². The summed E-state index contributed by atoms with van der Waals surface area (Å²) in [6.45, 7) is 1.42. The van der Waals surface area contributed by atoms with Gasteiger partial charge in [0.25, 0.3) is 10.1 Å². The van der Waals surface area contributed by atoms with E-state index in [2.05, 4.69) is 4.18 Å². The second-order valence-corrected chi connectivity index (χ2v) is 3.19. The minimum atomic E-state index is -3.42. The van der Waals surface area contributed by atoms with E-state index in [0.29, 0.717) is 0 Å². The average Bonchev–Trinajstić information content (AvgIpc) is 1.62. The van der Waals surface area contributed by atoms with Gasteiger partial charge in [0, 0.05) is 0 Å². The molecule has 3 nitrogen and oxygen atoms in total. The largest absolute Gasteiger partial charge is 1.00 e. The van der Waals surface area contributed by atoms with Crippen molar-refractivity contribution < 1.29 is 31.5 Å². The molecule has 0 radical (unpaired) electrons. The van der Waals surface area contributed by atoms with Crippen molar-refractivity contribution in [2.45, 2.75) is 13.0 Å². The van der Waals surface area contributed by atoms with Gasteiger partial charge in [-0.25, -0.2) is 0 Å². The Labute approximate surface area is 73.4 Å². The summed E-state index contributed by atoms with van der Waals surface area (Å²) in [5, 5.41) is 0. The second kappa shape index (κ2) is 4.82. The molecule has 0 aliphatic heterocycles. The van der Waals surface area contributed by atoms with Crippen LogP contribution < -0.4 is 18.9 Å². The van der Waals surface area contributed by atoms with Crippen molar-refractivity contribution in [3.8, 4) is 5.92 Å². The van der Waals surface area contributed by atoms with E-state index in [1.165, 1.54) is 6.92 Å². The third-order valence-electron chi connectivity index (χ3n) is 0.522. The quantitative estimate of drug-likeness (QED) is 0.184. The third-order valence-corrected chi connectivity index (χ3v) is 1.16. The molecule has 0 saturated heterocycles. The number of rotatable bonds is 2. The van der Waals surface area contributed by atoms with Gasteiger partial charge in [0.15, 0.2) is 0 Å². The molecule has 52 valence electrons. The first-order valence-electron chi connectivity index (χ1n) is 2.26. The van der Waals surface area contributed by atoms with Gasteiger partial charge in [-0.05, 0) is 6.92 Å². The Morgan fingerprint density at radius 1 is 1.60 bits per heavy atom. The molecular formula is C5H7LiO3S. The summed E-state index contributed by atoms with van der Waals surface area (Å²) in [7, 11) is -3.42. The zero-order valence-electron chi connectivity index (χ0n) is 6.21. The average molecular weight is 154 g/mol. The Kier molecular flexibility index (Phi) is 6.13. The van der Waals surface area contributed by atoms with Crippen molar-refractivity contribution in [1.29, 1.82) is 0 Å². The molecule has 0 aliphatic rings. The van der Waals surface area contributed by atoms with Gasteiger partial charge >= 0.3 is 18.9 Å². The van der Waals surface area contributed by atoms with Crippen LogP contribution in [0.25, 0.3) is 0 Å². The molecule has 0 heterocycles. The molecule has 0 N–H and O–H groups in total. The fourth-order valence-corrected chi connectivity index (χ4v) is 0.859. The van der Waals surface area contributed by atoms with E-state index in [-0.39, 0.29) is 18.9 Å². The van der Waals surface area contributed by atoms with Crippen molar-refractivity contribution in [2.75, 3.05) is 6.26 Å². The monoisotopic (exact) mass is 154 g/mol. The van der Waals surface area contributed by atoms with Crippen LogP contribution in [0.2, 0.25) is 0 Å². The summed E-state index contributed by atoms with van der Waals surface area (Å²) in [4.78, 5) is 0. The maximum Gasteiger partial charge on any atom is 1.00 e. The molecule has 0 aromatic heterocycles. The van der Waals surface area contributed by atoms with E-state index in [0.717, 1.165) is 6.26 Å². The van der Waals surface area contributed by atoms with Crippen LogP contribution in [0.3, 0.4) is 0 Å². The van der Waals surface area contributed by atoms with Crippen LogP contribution in [0.4, 0.5) is 0 Å². The third kappa shape index (κ3) is 8.07. The predicted octanol–water partition coefficient (Wildman–Crippen LogP) is -3.06. The molecule has 5 heteroatoms. The molecule has 0 bridgehead atoms. The van der Waals surface area contributed by atoms with Crippen LogP contribution in [-0.2, 0) is 14.3 Å². The fraction of sp³-hybridized carbons (Fsp3) is 0.600. The molecule has 0 aliphatic carbocycles. The predicted molar refractivity (Wildman–Crippen MR) is 32.5 cm³/mol. The first-order valence-corrected chi connectivity index (χ1v) is 4.08. The Hall–Kier alpha value is 0.0674. The van der Waals surface area contributed by atoms with Crippen LogP contribution in [0.15, 0.2) is 0 Å². The van der Waals surface area contributed by atoms with Gasteiger partial charge in [-0.2, -0.15) is 8.42 Å². The number of hydrogen-bond acceptors (Lipinski definition) is 3. The first kappa shape index (κ1) is 12.7. The zero-order valence-corrected chi connectivity index (χ0v) is 7.03. The standard InChI is InChI=1S/C5H7O3S.Li/c1-4-5(2)8-9(3,6)7;/h5H,2-3H3;/q-1;+1/t5-;/m1./s1. The van der Waals surface area contributed by atoms with Crippen LogP contribution in [0.1, 0.15) is 6.92 Å². The summed E-state index contributed by atoms with van der Waals surface area (Å²) in [5.74, 6) is 1.87. The second-order valence-electron chi connectivity index (χ2n) is 1.59. The molecule has 1 atom stereocenters. The SMILES string of the molecule is [C-]#C[C@@H](C)OS(C)(=O)=O.[Li+]. The summed E-state index contributed by atoms with van der Waals surface area (Å²) >= 11 is 0. The van der Waals surface area contributed by atoms with Crippen molar-refractivity contribution in [3.63, 3.8) is 0 Å². The minimum absolute atomic E-state index is 0. The van der Waals surface area contributed by atoms with E-state index in [4.69, 9.17) is 6.42 Å². The fourth-order valence-electron chi connectivity index (χ4n) is 0.286. The van der Waals surface area contributed by atoms with E-state index < -0.39 is 16.2 Å². The smallest absolute Gasteiger partial charge is 0.691 e. The van der Waals surface area contributed by atoms with Crippen molar-refractivity contribution >= 4 is 10.1 Å². The zero-order chi connectivity index (χ0) is 7.49. The molecule has 0 rings (SSSR count). The summed E-state index contributed by atoms with van der Waals surface area (Å²) in [5.41, 5.74) is 0. The molecule has 10 heavy (non-hydrogen) atoms. The molecule has 0 amide bonds. The summed E-state index contributed by atoms with van der Waals surface area (Å²) in [6.07, 6.45) is 6.60. The van der Waals surface area contributed by atoms with Gasteiger partial charge in [-0.1, -0.05) is 0 Å². The normalized spacial score (nSPS) is 12.9. The topological polar surface area (TPSA) is 43.4 Å². The maximum atomic E-state index is 10.3. The van der Waals surface area contributed by atoms with Gasteiger partial charge in [-0.15, -0.1) is 0 Å². The molecule has 0 aromatic rings. The van der Waals surface area contributed by atoms with Gasteiger partial charge in [-0.3, -0.25) is 4.18 Å². The minimum Gasteiger partial charge on any atom is -0.691 e. The molecular weight excluding hydrogens is 147 g/mol. The Bertz CT molecular complexity index is 214. The first-order chi connectivity index (χ1) is 3.95. The molecule has 0 saturated carbocycles. The van der Waals surface area contributed by atoms with Gasteiger partial charge < -0.3 is 12.3 Å². The Morgan fingerprint density at radius 3 is 2.10 bits per heavy atom. The molecule has 0 unspecified atom stereocenters. The summed E-state index contributed by atoms with van der Waals surface area (Å²) in [6, 6.07) is 0. The van der Waals surface area contributed by atoms with Crippen molar-refractivity contribution in [3.05, 3.63) is 6.42 Å². The molecule has 0 spiro atoms. The summed E-state index contributed by atoms with van der Waals surface area (Å²) < 4.78 is 24.8. The van der Waals surface area contributed by atoms with Gasteiger partial charge in [0.05, 0.1) is 12.4 Å². The van der Waals surface area contributed by atoms with Gasteiger partial charge in [0.1, 0.15) is 0 Å². The van der Waals surface area contributed by atoms with Crippen molar-refractivity contribution in [1.82, 2.24) is 0 Å². The Balaban J connectivity index is 0. The van der Waals surface area contributed by atoms with Gasteiger partial charge in [0.2, 0.25) is 0 Å². The van der Waals surface area contributed by atoms with E-state index in [9.17, 15) is 8.42 Å². The molecule has 0 fully saturated rings. The molecule has 0 aromatic carbocycles. The van der Waals surface area contributed by atoms with Crippen LogP contribution in [0, 0.1) is 12.3 Å². The van der Waals surface area contributed by atoms with Crippen LogP contribution >= 0.6 is 0 Å². The Morgan fingerprint density at radius 2 is 2.00 bits per heavy atom. The van der Waals surface area contributed by atoms with Crippen LogP contribution in [0.5, 0.6) is 0 Å². The van der Waals surface area contributed by atoms with E-state index >= 15 is 0 Å². The van der Waals surface area contributed by atoms with Crippen LogP contribution in [-0.4, -0.2) is 20.8 Å². The number of hydrogen-bond donors (Lipinski definition) is 0. The maximum absolute atomic E-state index is 10.3.